The van der Waals surface area contributed by atoms with Crippen molar-refractivity contribution in [3.63, 3.8) is 0 Å². The Morgan fingerprint density at radius 1 is 0.253 bits per heavy atom. The monoisotopic (exact) mass is 1140 g/mol. The lowest BCUT2D eigenvalue weighted by molar-refractivity contribution is -0.167. The number of allylic oxidation sites excluding steroid dienone is 32. The highest BCUT2D eigenvalue weighted by molar-refractivity contribution is 5.71. The van der Waals surface area contributed by atoms with E-state index in [1.807, 2.05) is 0 Å². The number of esters is 3. The van der Waals surface area contributed by atoms with Crippen molar-refractivity contribution in [2.24, 2.45) is 0 Å². The third-order valence-corrected chi connectivity index (χ3v) is 13.1. The van der Waals surface area contributed by atoms with E-state index in [9.17, 15) is 14.4 Å². The Labute approximate surface area is 509 Å². The fourth-order valence-electron chi connectivity index (χ4n) is 8.20. The average Bonchev–Trinajstić information content (AvgIpc) is 3.49. The van der Waals surface area contributed by atoms with Crippen LogP contribution in [0.3, 0.4) is 0 Å². The predicted octanol–water partition coefficient (Wildman–Crippen LogP) is 23.0. The Bertz CT molecular complexity index is 1990. The van der Waals surface area contributed by atoms with Crippen LogP contribution in [0, 0.1) is 0 Å². The summed E-state index contributed by atoms with van der Waals surface area (Å²) in [7, 11) is 0. The molecule has 0 bridgehead atoms. The number of rotatable bonds is 57. The van der Waals surface area contributed by atoms with Crippen molar-refractivity contribution in [3.8, 4) is 0 Å². The second-order valence-electron chi connectivity index (χ2n) is 20.9. The summed E-state index contributed by atoms with van der Waals surface area (Å²) in [5.41, 5.74) is 0. The summed E-state index contributed by atoms with van der Waals surface area (Å²) in [4.78, 5) is 38.3. The number of carbonyl (C=O) groups is 3. The van der Waals surface area contributed by atoms with Gasteiger partial charge in [0.15, 0.2) is 6.10 Å². The minimum atomic E-state index is -0.828. The zero-order chi connectivity index (χ0) is 59.9. The van der Waals surface area contributed by atoms with Gasteiger partial charge in [-0.2, -0.15) is 0 Å². The second kappa shape index (κ2) is 68.7. The molecule has 0 aromatic rings. The summed E-state index contributed by atoms with van der Waals surface area (Å²) in [6, 6.07) is 0. The first-order valence-corrected chi connectivity index (χ1v) is 32.9. The van der Waals surface area contributed by atoms with Crippen molar-refractivity contribution in [1.29, 1.82) is 0 Å². The predicted molar refractivity (Wildman–Crippen MR) is 361 cm³/mol. The fraction of sp³-hybridized carbons (Fsp3) is 0.545. The molecule has 0 aromatic carbocycles. The molecular weight excluding hydrogens is 1020 g/mol. The van der Waals surface area contributed by atoms with Gasteiger partial charge in [-0.25, -0.2) is 0 Å². The van der Waals surface area contributed by atoms with Gasteiger partial charge in [0.25, 0.3) is 0 Å². The smallest absolute Gasteiger partial charge is 0.306 e. The van der Waals surface area contributed by atoms with Gasteiger partial charge in [0.05, 0.1) is 0 Å². The quantitative estimate of drug-likeness (QED) is 0.0261. The van der Waals surface area contributed by atoms with Gasteiger partial charge in [0.2, 0.25) is 0 Å². The Balaban J connectivity index is 4.41. The van der Waals surface area contributed by atoms with E-state index in [0.29, 0.717) is 19.3 Å². The van der Waals surface area contributed by atoms with Crippen LogP contribution in [0.4, 0.5) is 0 Å². The van der Waals surface area contributed by atoms with Crippen molar-refractivity contribution in [3.05, 3.63) is 194 Å². The molecule has 0 N–H and O–H groups in total. The van der Waals surface area contributed by atoms with E-state index in [1.54, 1.807) is 0 Å². The van der Waals surface area contributed by atoms with Gasteiger partial charge in [-0.3, -0.25) is 14.4 Å². The fourth-order valence-corrected chi connectivity index (χ4v) is 8.20. The van der Waals surface area contributed by atoms with Gasteiger partial charge >= 0.3 is 17.9 Å². The highest BCUT2D eigenvalue weighted by Crippen LogP contribution is 2.13. The summed E-state index contributed by atoms with van der Waals surface area (Å²) < 4.78 is 16.8. The van der Waals surface area contributed by atoms with E-state index in [4.69, 9.17) is 14.2 Å². The molecule has 0 aliphatic rings. The Morgan fingerprint density at radius 3 is 0.759 bits per heavy atom. The Hall–Kier alpha value is -5.75. The van der Waals surface area contributed by atoms with Gasteiger partial charge in [-0.1, -0.05) is 260 Å². The van der Waals surface area contributed by atoms with Gasteiger partial charge in [-0.05, 0) is 167 Å². The molecule has 0 amide bonds. The minimum Gasteiger partial charge on any atom is -0.462 e. The molecular formula is C77H118O6. The number of hydrogen-bond donors (Lipinski definition) is 0. The molecule has 0 aromatic heterocycles. The lowest BCUT2D eigenvalue weighted by Crippen LogP contribution is -2.30. The topological polar surface area (TPSA) is 78.9 Å². The summed E-state index contributed by atoms with van der Waals surface area (Å²) in [5.74, 6) is -1.01. The van der Waals surface area contributed by atoms with Crippen LogP contribution in [-0.2, 0) is 28.6 Å². The molecule has 83 heavy (non-hydrogen) atoms. The first-order chi connectivity index (χ1) is 41.0. The van der Waals surface area contributed by atoms with E-state index in [2.05, 4.69) is 215 Å². The van der Waals surface area contributed by atoms with E-state index in [1.165, 1.54) is 25.7 Å². The third-order valence-electron chi connectivity index (χ3n) is 13.1. The molecule has 6 nitrogen and oxygen atoms in total. The van der Waals surface area contributed by atoms with Crippen LogP contribution in [0.5, 0.6) is 0 Å². The molecule has 0 aliphatic carbocycles. The normalized spacial score (nSPS) is 13.4. The molecule has 0 saturated carbocycles. The number of carbonyl (C=O) groups excluding carboxylic acids is 3. The minimum absolute atomic E-state index is 0.119. The standard InChI is InChI=1S/C77H118O6/c1-4-7-10-13-16-19-22-25-28-29-30-31-32-33-34-35-36-37-38-39-40-41-42-43-44-45-46-47-50-52-55-58-61-64-67-70-76(79)82-73-74(83-77(80)71-68-65-62-59-56-53-49-27-24-21-18-15-12-9-6-3)72-81-75(78)69-66-63-60-57-54-51-48-26-23-20-17-14-11-8-5-2/h7,9-10,12,16-21,25-28,30-31,33-34,36-37,39-40,42-43,45-46,48-50,52,56,59,74H,4-6,8,11,13-15,22-24,29,32,35,38,41,44,47,51,53-55,57-58,60-73H2,1-3H3/b10-7-,12-9-,19-16-,20-17-,21-18-,28-25-,31-30-,34-33-,37-36-,40-39-,43-42-,46-45-,48-26-,49-27-,52-50-,59-56-. The summed E-state index contributed by atoms with van der Waals surface area (Å²) >= 11 is 0. The molecule has 6 heteroatoms. The second-order valence-corrected chi connectivity index (χ2v) is 20.9. The van der Waals surface area contributed by atoms with Crippen LogP contribution in [0.2, 0.25) is 0 Å². The van der Waals surface area contributed by atoms with Crippen molar-refractivity contribution < 1.29 is 28.6 Å². The maximum absolute atomic E-state index is 12.9. The summed E-state index contributed by atoms with van der Waals surface area (Å²) in [6.07, 6.45) is 104. The molecule has 0 rings (SSSR count). The lowest BCUT2D eigenvalue weighted by Gasteiger charge is -2.18. The molecule has 0 radical (unpaired) electrons. The van der Waals surface area contributed by atoms with Crippen LogP contribution >= 0.6 is 0 Å². The third kappa shape index (κ3) is 66.9. The Morgan fingerprint density at radius 2 is 0.470 bits per heavy atom. The highest BCUT2D eigenvalue weighted by atomic mass is 16.6. The number of ether oxygens (including phenoxy) is 3. The van der Waals surface area contributed by atoms with Gasteiger partial charge in [-0.15, -0.1) is 0 Å². The van der Waals surface area contributed by atoms with Gasteiger partial charge < -0.3 is 14.2 Å². The van der Waals surface area contributed by atoms with Crippen LogP contribution < -0.4 is 0 Å². The highest BCUT2D eigenvalue weighted by Gasteiger charge is 2.19. The summed E-state index contributed by atoms with van der Waals surface area (Å²) in [6.45, 7) is 6.30. The molecule has 0 spiro atoms. The maximum atomic E-state index is 12.9. The molecule has 0 fully saturated rings. The van der Waals surface area contributed by atoms with E-state index in [-0.39, 0.29) is 37.5 Å². The molecule has 0 aliphatic heterocycles. The van der Waals surface area contributed by atoms with Crippen molar-refractivity contribution in [2.45, 2.75) is 258 Å². The average molecular weight is 1140 g/mol. The SMILES string of the molecule is CC/C=C\C/C=C\C/C=C\C/C=C\C/C=C\C/C=C\C/C=C\C/C=C\C/C=C\C/C=C\CCCCCCC(=O)OCC(COC(=O)CCCCCCC/C=C\C/C=C\CCCCC)OC(=O)CCCC/C=C\C/C=C\C/C=C\C/C=C\CC. The van der Waals surface area contributed by atoms with Crippen LogP contribution in [0.25, 0.3) is 0 Å². The molecule has 1 unspecified atom stereocenters. The first kappa shape index (κ1) is 77.2. The first-order valence-electron chi connectivity index (χ1n) is 32.9. The zero-order valence-corrected chi connectivity index (χ0v) is 52.9. The van der Waals surface area contributed by atoms with Crippen LogP contribution in [-0.4, -0.2) is 37.2 Å². The Kier molecular flexibility index (Phi) is 64.0. The van der Waals surface area contributed by atoms with Gasteiger partial charge in [0.1, 0.15) is 13.2 Å². The number of unbranched alkanes of at least 4 members (excludes halogenated alkanes) is 14. The molecule has 462 valence electrons. The van der Waals surface area contributed by atoms with Crippen LogP contribution in [0.15, 0.2) is 194 Å². The maximum Gasteiger partial charge on any atom is 0.306 e. The van der Waals surface area contributed by atoms with E-state index >= 15 is 0 Å². The van der Waals surface area contributed by atoms with E-state index in [0.717, 1.165) is 180 Å². The molecule has 0 saturated heterocycles. The van der Waals surface area contributed by atoms with Gasteiger partial charge in [0, 0.05) is 19.3 Å². The lowest BCUT2D eigenvalue weighted by atomic mass is 10.1. The molecule has 0 heterocycles. The zero-order valence-electron chi connectivity index (χ0n) is 52.9. The summed E-state index contributed by atoms with van der Waals surface area (Å²) in [5, 5.41) is 0. The van der Waals surface area contributed by atoms with Crippen molar-refractivity contribution >= 4 is 17.9 Å². The molecule has 1 atom stereocenters. The number of hydrogen-bond acceptors (Lipinski definition) is 6. The van der Waals surface area contributed by atoms with Crippen molar-refractivity contribution in [2.75, 3.05) is 13.2 Å². The van der Waals surface area contributed by atoms with Crippen LogP contribution in [0.1, 0.15) is 252 Å². The van der Waals surface area contributed by atoms with E-state index < -0.39 is 6.10 Å². The van der Waals surface area contributed by atoms with Crippen molar-refractivity contribution in [1.82, 2.24) is 0 Å². The largest absolute Gasteiger partial charge is 0.462 e.